The summed E-state index contributed by atoms with van der Waals surface area (Å²) in [5.74, 6) is -0.156. The highest BCUT2D eigenvalue weighted by atomic mass is 127. The van der Waals surface area contributed by atoms with Gasteiger partial charge in [-0.25, -0.2) is 3.11 Å². The minimum absolute atomic E-state index is 0.156. The SMILES string of the molecule is C[C@H](O)C(=O)N1CCN(I)C[C@@H]1C. The fraction of sp³-hybridized carbons (Fsp3) is 0.875. The molecular weight excluding hydrogens is 283 g/mol. The Balaban J connectivity index is 2.56. The third-order valence-corrected chi connectivity index (χ3v) is 3.09. The molecule has 4 nitrogen and oxygen atoms in total. The van der Waals surface area contributed by atoms with Crippen LogP contribution in [0.1, 0.15) is 13.8 Å². The second-order valence-corrected chi connectivity index (χ2v) is 4.79. The largest absolute Gasteiger partial charge is 0.384 e. The Labute approximate surface area is 92.4 Å². The first kappa shape index (κ1) is 11.2. The summed E-state index contributed by atoms with van der Waals surface area (Å²) in [5.41, 5.74) is 0. The maximum atomic E-state index is 11.5. The molecule has 0 bridgehead atoms. The van der Waals surface area contributed by atoms with Crippen molar-refractivity contribution in [2.24, 2.45) is 0 Å². The number of aliphatic hydroxyl groups excluding tert-OH is 1. The summed E-state index contributed by atoms with van der Waals surface area (Å²) in [6.45, 7) is 5.99. The third kappa shape index (κ3) is 2.78. The average molecular weight is 298 g/mol. The monoisotopic (exact) mass is 298 g/mol. The van der Waals surface area contributed by atoms with Gasteiger partial charge in [-0.2, -0.15) is 0 Å². The number of hydrogen-bond donors (Lipinski definition) is 1. The van der Waals surface area contributed by atoms with E-state index < -0.39 is 6.10 Å². The average Bonchev–Trinajstić information content (AvgIpc) is 2.03. The van der Waals surface area contributed by atoms with E-state index in [-0.39, 0.29) is 11.9 Å². The second kappa shape index (κ2) is 4.56. The lowest BCUT2D eigenvalue weighted by Gasteiger charge is -2.37. The second-order valence-electron chi connectivity index (χ2n) is 3.43. The maximum absolute atomic E-state index is 11.5. The number of halogens is 1. The number of hydrogen-bond acceptors (Lipinski definition) is 3. The van der Waals surface area contributed by atoms with E-state index in [1.54, 1.807) is 4.90 Å². The minimum Gasteiger partial charge on any atom is -0.384 e. The van der Waals surface area contributed by atoms with E-state index in [1.165, 1.54) is 6.92 Å². The van der Waals surface area contributed by atoms with Gasteiger partial charge < -0.3 is 10.0 Å². The number of aliphatic hydroxyl groups is 1. The van der Waals surface area contributed by atoms with Gasteiger partial charge in [0.15, 0.2) is 0 Å². The Morgan fingerprint density at radius 2 is 2.23 bits per heavy atom. The van der Waals surface area contributed by atoms with E-state index >= 15 is 0 Å². The van der Waals surface area contributed by atoms with E-state index in [0.717, 1.165) is 13.1 Å². The highest BCUT2D eigenvalue weighted by Crippen LogP contribution is 2.13. The van der Waals surface area contributed by atoms with E-state index in [2.05, 4.69) is 26.0 Å². The fourth-order valence-electron chi connectivity index (χ4n) is 1.48. The summed E-state index contributed by atoms with van der Waals surface area (Å²) < 4.78 is 2.16. The van der Waals surface area contributed by atoms with Crippen molar-refractivity contribution in [2.45, 2.75) is 26.0 Å². The molecule has 0 aromatic rings. The van der Waals surface area contributed by atoms with Crippen molar-refractivity contribution in [2.75, 3.05) is 19.6 Å². The molecule has 1 heterocycles. The summed E-state index contributed by atoms with van der Waals surface area (Å²) in [6, 6.07) is 0.202. The maximum Gasteiger partial charge on any atom is 0.251 e. The molecule has 0 unspecified atom stereocenters. The van der Waals surface area contributed by atoms with Crippen LogP contribution < -0.4 is 0 Å². The van der Waals surface area contributed by atoms with Crippen molar-refractivity contribution in [3.63, 3.8) is 0 Å². The molecule has 0 aliphatic carbocycles. The highest BCUT2D eigenvalue weighted by molar-refractivity contribution is 14.1. The van der Waals surface area contributed by atoms with Crippen LogP contribution in [0, 0.1) is 0 Å². The molecule has 0 saturated carbocycles. The molecule has 1 saturated heterocycles. The Morgan fingerprint density at radius 3 is 2.69 bits per heavy atom. The smallest absolute Gasteiger partial charge is 0.251 e. The molecule has 1 aliphatic heterocycles. The molecule has 0 aromatic heterocycles. The minimum atomic E-state index is -0.872. The molecule has 2 atom stereocenters. The van der Waals surface area contributed by atoms with Gasteiger partial charge in [0.1, 0.15) is 6.10 Å². The van der Waals surface area contributed by atoms with Crippen LogP contribution in [0.25, 0.3) is 0 Å². The molecule has 1 aliphatic rings. The first-order chi connectivity index (χ1) is 6.02. The number of rotatable bonds is 1. The van der Waals surface area contributed by atoms with Crippen molar-refractivity contribution >= 4 is 28.8 Å². The molecule has 1 fully saturated rings. The van der Waals surface area contributed by atoms with Crippen LogP contribution in [-0.4, -0.2) is 50.8 Å². The van der Waals surface area contributed by atoms with Crippen LogP contribution in [0.2, 0.25) is 0 Å². The summed E-state index contributed by atoms with van der Waals surface area (Å²) >= 11 is 2.26. The first-order valence-electron chi connectivity index (χ1n) is 4.41. The summed E-state index contributed by atoms with van der Waals surface area (Å²) in [5, 5.41) is 9.15. The predicted octanol–water partition coefficient (Wildman–Crippen LogP) is 0.250. The molecule has 5 heteroatoms. The molecule has 0 spiro atoms. The van der Waals surface area contributed by atoms with Gasteiger partial charge >= 0.3 is 0 Å². The molecule has 13 heavy (non-hydrogen) atoms. The third-order valence-electron chi connectivity index (χ3n) is 2.22. The van der Waals surface area contributed by atoms with Crippen LogP contribution in [0.15, 0.2) is 0 Å². The van der Waals surface area contributed by atoms with Crippen molar-refractivity contribution in [3.05, 3.63) is 0 Å². The highest BCUT2D eigenvalue weighted by Gasteiger charge is 2.28. The number of carbonyl (C=O) groups excluding carboxylic acids is 1. The van der Waals surface area contributed by atoms with Gasteiger partial charge in [0.25, 0.3) is 5.91 Å². The summed E-state index contributed by atoms with van der Waals surface area (Å²) in [6.07, 6.45) is -0.872. The van der Waals surface area contributed by atoms with Crippen LogP contribution in [0.3, 0.4) is 0 Å². The topological polar surface area (TPSA) is 43.8 Å². The number of amides is 1. The molecule has 76 valence electrons. The van der Waals surface area contributed by atoms with Gasteiger partial charge in [0.05, 0.1) is 0 Å². The molecule has 0 radical (unpaired) electrons. The van der Waals surface area contributed by atoms with E-state index in [0.29, 0.717) is 6.54 Å². The van der Waals surface area contributed by atoms with Gasteiger partial charge in [0.2, 0.25) is 0 Å². The fourth-order valence-corrected chi connectivity index (χ4v) is 2.27. The normalized spacial score (nSPS) is 27.4. The predicted molar refractivity (Wildman–Crippen MR) is 58.4 cm³/mol. The zero-order valence-corrected chi connectivity index (χ0v) is 10.1. The van der Waals surface area contributed by atoms with E-state index in [4.69, 9.17) is 5.11 Å². The molecular formula is C8H15IN2O2. The van der Waals surface area contributed by atoms with Gasteiger partial charge in [-0.1, -0.05) is 0 Å². The van der Waals surface area contributed by atoms with E-state index in [1.807, 2.05) is 6.92 Å². The Hall–Kier alpha value is 0.120. The number of carbonyl (C=O) groups is 1. The van der Waals surface area contributed by atoms with Crippen molar-refractivity contribution in [1.29, 1.82) is 0 Å². The lowest BCUT2D eigenvalue weighted by Crippen LogP contribution is -2.53. The van der Waals surface area contributed by atoms with Gasteiger partial charge in [-0.15, -0.1) is 0 Å². The standard InChI is InChI=1S/C8H15IN2O2/c1-6-5-10(9)3-4-11(6)8(13)7(2)12/h6-7,12H,3-5H2,1-2H3/t6-,7-/m0/s1. The van der Waals surface area contributed by atoms with Crippen LogP contribution in [0.5, 0.6) is 0 Å². The summed E-state index contributed by atoms with van der Waals surface area (Å²) in [7, 11) is 0. The van der Waals surface area contributed by atoms with Crippen LogP contribution in [-0.2, 0) is 4.79 Å². The van der Waals surface area contributed by atoms with Gasteiger partial charge in [-0.05, 0) is 13.8 Å². The summed E-state index contributed by atoms with van der Waals surface area (Å²) in [4.78, 5) is 13.2. The quantitative estimate of drug-likeness (QED) is 0.557. The Kier molecular flexibility index (Phi) is 3.93. The number of piperazine rings is 1. The van der Waals surface area contributed by atoms with E-state index in [9.17, 15) is 4.79 Å². The van der Waals surface area contributed by atoms with Crippen LogP contribution >= 0.6 is 22.9 Å². The first-order valence-corrected chi connectivity index (χ1v) is 5.38. The van der Waals surface area contributed by atoms with Gasteiger partial charge in [-0.3, -0.25) is 4.79 Å². The zero-order chi connectivity index (χ0) is 10.0. The molecule has 0 aromatic carbocycles. The molecule has 1 amide bonds. The molecule has 1 N–H and O–H groups in total. The Morgan fingerprint density at radius 1 is 1.62 bits per heavy atom. The van der Waals surface area contributed by atoms with Crippen molar-refractivity contribution < 1.29 is 9.90 Å². The van der Waals surface area contributed by atoms with Gasteiger partial charge in [0, 0.05) is 48.5 Å². The number of nitrogens with zero attached hydrogens (tertiary/aromatic N) is 2. The lowest BCUT2D eigenvalue weighted by molar-refractivity contribution is -0.142. The molecule has 1 rings (SSSR count). The lowest BCUT2D eigenvalue weighted by atomic mass is 10.2. The zero-order valence-electron chi connectivity index (χ0n) is 7.90. The van der Waals surface area contributed by atoms with Crippen molar-refractivity contribution in [1.82, 2.24) is 8.01 Å². The van der Waals surface area contributed by atoms with Crippen LogP contribution in [0.4, 0.5) is 0 Å². The Bertz CT molecular complexity index is 199. The van der Waals surface area contributed by atoms with Crippen molar-refractivity contribution in [3.8, 4) is 0 Å².